The van der Waals surface area contributed by atoms with Gasteiger partial charge in [0.2, 0.25) is 5.91 Å². The van der Waals surface area contributed by atoms with Crippen LogP contribution in [0.5, 0.6) is 0 Å². The summed E-state index contributed by atoms with van der Waals surface area (Å²) < 4.78 is 1.59. The third-order valence-corrected chi connectivity index (χ3v) is 3.08. The molecule has 16 heavy (non-hydrogen) atoms. The predicted octanol–water partition coefficient (Wildman–Crippen LogP) is 0.903. The molecule has 1 aliphatic heterocycles. The first-order valence-corrected chi connectivity index (χ1v) is 5.83. The maximum atomic E-state index is 12.0. The number of aromatic nitrogens is 1. The minimum absolute atomic E-state index is 0.0223. The molecule has 1 fully saturated rings. The molecule has 4 nitrogen and oxygen atoms in total. The summed E-state index contributed by atoms with van der Waals surface area (Å²) >= 11 is 4.27. The Kier molecular flexibility index (Phi) is 3.05. The number of nitrogens with zero attached hydrogens (tertiary/aromatic N) is 2. The fourth-order valence-corrected chi connectivity index (χ4v) is 2.22. The molecule has 0 bridgehead atoms. The van der Waals surface area contributed by atoms with Crippen molar-refractivity contribution >= 4 is 24.2 Å². The number of hydrogen-bond donors (Lipinski definition) is 1. The number of carbonyl (C=O) groups is 1. The largest absolute Gasteiger partial charge is 0.314 e. The van der Waals surface area contributed by atoms with Crippen LogP contribution in [0.2, 0.25) is 0 Å². The number of rotatable bonds is 2. The molecule has 0 spiro atoms. The minimum Gasteiger partial charge on any atom is -0.314 e. The third kappa shape index (κ3) is 1.87. The van der Waals surface area contributed by atoms with Crippen molar-refractivity contribution in [2.45, 2.75) is 25.1 Å². The zero-order valence-corrected chi connectivity index (χ0v) is 9.98. The van der Waals surface area contributed by atoms with E-state index >= 15 is 0 Å². The number of pyridine rings is 1. The summed E-state index contributed by atoms with van der Waals surface area (Å²) in [7, 11) is 0. The lowest BCUT2D eigenvalue weighted by molar-refractivity contribution is -0.117. The standard InChI is InChI=1S/C11H14N2O2S/c1-2-12-5-3-4-9(11(12)15)13-7-8(16)6-10(13)14/h3-5,8,16H,2,6-7H2,1H3. The molecular formula is C11H14N2O2S. The summed E-state index contributed by atoms with van der Waals surface area (Å²) in [6.07, 6.45) is 2.13. The molecule has 0 N–H and O–H groups in total. The van der Waals surface area contributed by atoms with Crippen LogP contribution in [-0.2, 0) is 11.3 Å². The number of thiol groups is 1. The van der Waals surface area contributed by atoms with E-state index in [0.29, 0.717) is 25.2 Å². The van der Waals surface area contributed by atoms with Gasteiger partial charge in [0, 0.05) is 31.0 Å². The Balaban J connectivity index is 2.41. The fraction of sp³-hybridized carbons (Fsp3) is 0.455. The quantitative estimate of drug-likeness (QED) is 0.778. The first-order valence-electron chi connectivity index (χ1n) is 5.31. The smallest absolute Gasteiger partial charge is 0.274 e. The van der Waals surface area contributed by atoms with Gasteiger partial charge in [0.1, 0.15) is 5.69 Å². The van der Waals surface area contributed by atoms with Crippen molar-refractivity contribution in [3.8, 4) is 0 Å². The van der Waals surface area contributed by atoms with Crippen molar-refractivity contribution in [1.29, 1.82) is 0 Å². The summed E-state index contributed by atoms with van der Waals surface area (Å²) in [5.41, 5.74) is 0.353. The summed E-state index contributed by atoms with van der Waals surface area (Å²) in [4.78, 5) is 25.2. The van der Waals surface area contributed by atoms with E-state index in [0.717, 1.165) is 0 Å². The molecule has 1 saturated heterocycles. The minimum atomic E-state index is -0.110. The van der Waals surface area contributed by atoms with Crippen LogP contribution >= 0.6 is 12.6 Å². The van der Waals surface area contributed by atoms with E-state index in [4.69, 9.17) is 0 Å². The van der Waals surface area contributed by atoms with Gasteiger partial charge in [-0.2, -0.15) is 12.6 Å². The molecule has 1 aromatic rings. The molecule has 0 aromatic carbocycles. The van der Waals surface area contributed by atoms with Crippen molar-refractivity contribution in [2.75, 3.05) is 11.4 Å². The lowest BCUT2D eigenvalue weighted by Gasteiger charge is -2.16. The highest BCUT2D eigenvalue weighted by molar-refractivity contribution is 7.81. The highest BCUT2D eigenvalue weighted by atomic mass is 32.1. The maximum Gasteiger partial charge on any atom is 0.274 e. The predicted molar refractivity (Wildman–Crippen MR) is 66.1 cm³/mol. The van der Waals surface area contributed by atoms with Crippen molar-refractivity contribution in [1.82, 2.24) is 4.57 Å². The molecule has 86 valence electrons. The van der Waals surface area contributed by atoms with Gasteiger partial charge in [-0.25, -0.2) is 0 Å². The second-order valence-corrected chi connectivity index (χ2v) is 4.58. The SMILES string of the molecule is CCn1cccc(N2CC(S)CC2=O)c1=O. The van der Waals surface area contributed by atoms with Crippen LogP contribution in [0.15, 0.2) is 23.1 Å². The molecule has 1 aromatic heterocycles. The van der Waals surface area contributed by atoms with Crippen LogP contribution < -0.4 is 10.5 Å². The summed E-state index contributed by atoms with van der Waals surface area (Å²) in [5.74, 6) is -0.0223. The molecule has 0 saturated carbocycles. The van der Waals surface area contributed by atoms with Gasteiger partial charge in [-0.1, -0.05) is 0 Å². The van der Waals surface area contributed by atoms with Gasteiger partial charge in [0.15, 0.2) is 0 Å². The van der Waals surface area contributed by atoms with Crippen molar-refractivity contribution in [3.63, 3.8) is 0 Å². The van der Waals surface area contributed by atoms with E-state index in [-0.39, 0.29) is 16.7 Å². The first kappa shape index (κ1) is 11.3. The van der Waals surface area contributed by atoms with Gasteiger partial charge in [-0.3, -0.25) is 9.59 Å². The van der Waals surface area contributed by atoms with Crippen LogP contribution in [-0.4, -0.2) is 22.3 Å². The molecule has 0 radical (unpaired) electrons. The van der Waals surface area contributed by atoms with Crippen LogP contribution in [0, 0.1) is 0 Å². The van der Waals surface area contributed by atoms with E-state index in [1.54, 1.807) is 22.9 Å². The van der Waals surface area contributed by atoms with Gasteiger partial charge in [0.05, 0.1) is 0 Å². The highest BCUT2D eigenvalue weighted by Crippen LogP contribution is 2.20. The summed E-state index contributed by atoms with van der Waals surface area (Å²) in [6.45, 7) is 3.03. The molecular weight excluding hydrogens is 224 g/mol. The number of aryl methyl sites for hydroxylation is 1. The van der Waals surface area contributed by atoms with E-state index in [2.05, 4.69) is 12.6 Å². The summed E-state index contributed by atoms with van der Waals surface area (Å²) in [5, 5.41) is 0.0298. The number of anilines is 1. The number of hydrogen-bond acceptors (Lipinski definition) is 3. The van der Waals surface area contributed by atoms with Gasteiger partial charge < -0.3 is 9.47 Å². The van der Waals surface area contributed by atoms with E-state index in [1.165, 1.54) is 4.90 Å². The summed E-state index contributed by atoms with van der Waals surface area (Å²) in [6, 6.07) is 3.48. The van der Waals surface area contributed by atoms with E-state index in [9.17, 15) is 9.59 Å². The Morgan fingerprint density at radius 2 is 2.25 bits per heavy atom. The van der Waals surface area contributed by atoms with E-state index in [1.807, 2.05) is 6.92 Å². The Bertz CT molecular complexity index is 469. The van der Waals surface area contributed by atoms with Gasteiger partial charge in [0.25, 0.3) is 5.56 Å². The zero-order chi connectivity index (χ0) is 11.7. The van der Waals surface area contributed by atoms with Gasteiger partial charge in [-0.15, -0.1) is 0 Å². The lowest BCUT2D eigenvalue weighted by atomic mass is 10.3. The van der Waals surface area contributed by atoms with Crippen LogP contribution in [0.1, 0.15) is 13.3 Å². The zero-order valence-electron chi connectivity index (χ0n) is 9.09. The van der Waals surface area contributed by atoms with Gasteiger partial charge >= 0.3 is 0 Å². The fourth-order valence-electron chi connectivity index (χ4n) is 1.90. The molecule has 0 aliphatic carbocycles. The second kappa shape index (κ2) is 4.33. The Morgan fingerprint density at radius 1 is 1.50 bits per heavy atom. The monoisotopic (exact) mass is 238 g/mol. The molecule has 2 rings (SSSR count). The molecule has 1 amide bonds. The average molecular weight is 238 g/mol. The Hall–Kier alpha value is -1.23. The Labute approximate surface area is 99.3 Å². The van der Waals surface area contributed by atoms with Crippen molar-refractivity contribution < 1.29 is 4.79 Å². The second-order valence-electron chi connectivity index (χ2n) is 3.85. The van der Waals surface area contributed by atoms with Crippen LogP contribution in [0.3, 0.4) is 0 Å². The number of amides is 1. The third-order valence-electron chi connectivity index (χ3n) is 2.74. The topological polar surface area (TPSA) is 42.3 Å². The van der Waals surface area contributed by atoms with Crippen LogP contribution in [0.4, 0.5) is 5.69 Å². The van der Waals surface area contributed by atoms with E-state index < -0.39 is 0 Å². The number of carbonyl (C=O) groups excluding carboxylic acids is 1. The van der Waals surface area contributed by atoms with Crippen molar-refractivity contribution in [2.24, 2.45) is 0 Å². The first-order chi connectivity index (χ1) is 7.63. The molecule has 1 atom stereocenters. The molecule has 5 heteroatoms. The Morgan fingerprint density at radius 3 is 2.81 bits per heavy atom. The van der Waals surface area contributed by atoms with Crippen molar-refractivity contribution in [3.05, 3.63) is 28.7 Å². The molecule has 1 unspecified atom stereocenters. The highest BCUT2D eigenvalue weighted by Gasteiger charge is 2.29. The molecule has 1 aliphatic rings. The average Bonchev–Trinajstić information content (AvgIpc) is 2.58. The normalized spacial score (nSPS) is 20.5. The lowest BCUT2D eigenvalue weighted by Crippen LogP contribution is -2.33. The van der Waals surface area contributed by atoms with Gasteiger partial charge in [-0.05, 0) is 19.1 Å². The van der Waals surface area contributed by atoms with Crippen LogP contribution in [0.25, 0.3) is 0 Å². The molecule has 2 heterocycles. The maximum absolute atomic E-state index is 12.0.